The molecule has 0 saturated heterocycles. The molecule has 0 spiro atoms. The van der Waals surface area contributed by atoms with Gasteiger partial charge in [0.15, 0.2) is 0 Å². The van der Waals surface area contributed by atoms with Crippen LogP contribution >= 0.6 is 0 Å². The summed E-state index contributed by atoms with van der Waals surface area (Å²) >= 11 is 0. The number of carbonyl (C=O) groups is 2. The van der Waals surface area contributed by atoms with Crippen LogP contribution in [0.4, 0.5) is 0 Å². The standard InChI is InChI=1S/C17H24.C5H8O2.C2H4O2/c1-2-9-5-8(1)14-12-7-13(15(9)14)17-11-4-3-10(6-11)16(12)17;1-4(2)5(6)7-3;1-2(3)4/h8-17H,1-7H2;1H2,2-3H3;1H3,(H,3,4). The van der Waals surface area contributed by atoms with Gasteiger partial charge in [0.1, 0.15) is 0 Å². The first-order valence-electron chi connectivity index (χ1n) is 11.3. The Morgan fingerprint density at radius 3 is 1.32 bits per heavy atom. The van der Waals surface area contributed by atoms with Crippen molar-refractivity contribution in [3.63, 3.8) is 0 Å². The maximum absolute atomic E-state index is 10.2. The van der Waals surface area contributed by atoms with Crippen molar-refractivity contribution in [3.8, 4) is 0 Å². The number of carboxylic acids is 1. The Morgan fingerprint density at radius 1 is 0.786 bits per heavy atom. The Kier molecular flexibility index (Phi) is 5.35. The topological polar surface area (TPSA) is 63.6 Å². The van der Waals surface area contributed by atoms with Gasteiger partial charge in [-0.2, -0.15) is 0 Å². The molecule has 0 aromatic carbocycles. The zero-order chi connectivity index (χ0) is 20.2. The number of hydrogen-bond donors (Lipinski definition) is 1. The molecule has 0 radical (unpaired) electrons. The van der Waals surface area contributed by atoms with Crippen molar-refractivity contribution in [2.24, 2.45) is 59.2 Å². The van der Waals surface area contributed by atoms with Crippen LogP contribution in [0, 0.1) is 59.2 Å². The van der Waals surface area contributed by atoms with Gasteiger partial charge in [-0.3, -0.25) is 4.79 Å². The van der Waals surface area contributed by atoms with E-state index in [4.69, 9.17) is 9.90 Å². The fourth-order valence-corrected chi connectivity index (χ4v) is 8.93. The molecule has 0 heterocycles. The third-order valence-electron chi connectivity index (χ3n) is 9.15. The summed E-state index contributed by atoms with van der Waals surface area (Å²) in [6, 6.07) is 0. The molecule has 8 unspecified atom stereocenters. The number of carbonyl (C=O) groups excluding carboxylic acids is 1. The lowest BCUT2D eigenvalue weighted by Gasteiger charge is -2.45. The summed E-state index contributed by atoms with van der Waals surface area (Å²) in [5.41, 5.74) is 0.433. The Hall–Kier alpha value is -1.32. The van der Waals surface area contributed by atoms with Crippen LogP contribution in [-0.2, 0) is 14.3 Å². The van der Waals surface area contributed by atoms with Crippen LogP contribution in [0.25, 0.3) is 0 Å². The first-order valence-corrected chi connectivity index (χ1v) is 11.3. The third-order valence-corrected chi connectivity index (χ3v) is 9.15. The molecule has 8 atom stereocenters. The van der Waals surface area contributed by atoms with Crippen LogP contribution in [0.5, 0.6) is 0 Å². The number of rotatable bonds is 1. The molecule has 4 nitrogen and oxygen atoms in total. The van der Waals surface area contributed by atoms with E-state index in [0.29, 0.717) is 5.57 Å². The minimum Gasteiger partial charge on any atom is -0.481 e. The summed E-state index contributed by atoms with van der Waals surface area (Å²) in [5, 5.41) is 7.42. The molecule has 0 aliphatic heterocycles. The highest BCUT2D eigenvalue weighted by Crippen LogP contribution is 2.76. The Bertz CT molecular complexity index is 583. The minimum absolute atomic E-state index is 0.347. The van der Waals surface area contributed by atoms with E-state index < -0.39 is 5.97 Å². The molecule has 4 heteroatoms. The maximum Gasteiger partial charge on any atom is 0.332 e. The van der Waals surface area contributed by atoms with Gasteiger partial charge < -0.3 is 9.84 Å². The zero-order valence-corrected chi connectivity index (χ0v) is 17.6. The van der Waals surface area contributed by atoms with Gasteiger partial charge in [-0.1, -0.05) is 6.58 Å². The van der Waals surface area contributed by atoms with Crippen molar-refractivity contribution in [2.45, 2.75) is 58.8 Å². The molecule has 6 bridgehead atoms. The molecule has 6 fully saturated rings. The van der Waals surface area contributed by atoms with E-state index in [1.165, 1.54) is 66.3 Å². The molecule has 1 N–H and O–H groups in total. The van der Waals surface area contributed by atoms with Gasteiger partial charge in [0.2, 0.25) is 0 Å². The highest BCUT2D eigenvalue weighted by atomic mass is 16.5. The Balaban J connectivity index is 0.000000149. The predicted octanol–water partition coefficient (Wildman–Crippen LogP) is 4.79. The molecule has 0 aromatic heterocycles. The van der Waals surface area contributed by atoms with Crippen molar-refractivity contribution in [1.29, 1.82) is 0 Å². The monoisotopic (exact) mass is 388 g/mol. The van der Waals surface area contributed by atoms with E-state index in [2.05, 4.69) is 11.3 Å². The van der Waals surface area contributed by atoms with E-state index >= 15 is 0 Å². The molecular weight excluding hydrogens is 352 g/mol. The summed E-state index contributed by atoms with van der Waals surface area (Å²) in [7, 11) is 1.33. The quantitative estimate of drug-likeness (QED) is 0.399. The summed E-state index contributed by atoms with van der Waals surface area (Å²) in [5.74, 6) is 11.1. The number of hydrogen-bond acceptors (Lipinski definition) is 3. The second-order valence-electron chi connectivity index (χ2n) is 10.3. The van der Waals surface area contributed by atoms with Gasteiger partial charge in [0.25, 0.3) is 5.97 Å². The van der Waals surface area contributed by atoms with E-state index in [0.717, 1.165) is 6.92 Å². The number of ether oxygens (including phenoxy) is 1. The second-order valence-corrected chi connectivity index (χ2v) is 10.3. The minimum atomic E-state index is -0.833. The van der Waals surface area contributed by atoms with Gasteiger partial charge in [-0.25, -0.2) is 4.79 Å². The fraction of sp³-hybridized carbons (Fsp3) is 0.833. The van der Waals surface area contributed by atoms with Gasteiger partial charge in [-0.15, -0.1) is 0 Å². The van der Waals surface area contributed by atoms with Crippen molar-refractivity contribution in [2.75, 3.05) is 7.11 Å². The first-order chi connectivity index (χ1) is 13.3. The number of esters is 1. The predicted molar refractivity (Wildman–Crippen MR) is 107 cm³/mol. The summed E-state index contributed by atoms with van der Waals surface area (Å²) in [4.78, 5) is 19.2. The zero-order valence-electron chi connectivity index (χ0n) is 17.6. The highest BCUT2D eigenvalue weighted by molar-refractivity contribution is 5.86. The fourth-order valence-electron chi connectivity index (χ4n) is 8.93. The maximum atomic E-state index is 10.2. The van der Waals surface area contributed by atoms with Crippen molar-refractivity contribution >= 4 is 11.9 Å². The normalized spacial score (nSPS) is 47.4. The van der Waals surface area contributed by atoms with Gasteiger partial charge >= 0.3 is 5.97 Å². The molecule has 6 aliphatic carbocycles. The Morgan fingerprint density at radius 2 is 1.11 bits per heavy atom. The molecular formula is C24H36O4. The highest BCUT2D eigenvalue weighted by Gasteiger charge is 2.70. The molecule has 6 rings (SSSR count). The van der Waals surface area contributed by atoms with E-state index in [-0.39, 0.29) is 5.97 Å². The van der Waals surface area contributed by atoms with E-state index in [1.807, 2.05) is 0 Å². The summed E-state index contributed by atoms with van der Waals surface area (Å²) in [6.45, 7) is 6.04. The number of fused-ring (bicyclic) bond motifs is 16. The lowest BCUT2D eigenvalue weighted by molar-refractivity contribution is -0.136. The second kappa shape index (κ2) is 7.50. The average Bonchev–Trinajstić information content (AvgIpc) is 3.46. The number of carboxylic acid groups (broad SMARTS) is 1. The van der Waals surface area contributed by atoms with Crippen molar-refractivity contribution < 1.29 is 19.4 Å². The van der Waals surface area contributed by atoms with Crippen LogP contribution in [-0.4, -0.2) is 24.2 Å². The first kappa shape index (κ1) is 20.0. The van der Waals surface area contributed by atoms with Crippen molar-refractivity contribution in [1.82, 2.24) is 0 Å². The van der Waals surface area contributed by atoms with Crippen molar-refractivity contribution in [3.05, 3.63) is 12.2 Å². The lowest BCUT2D eigenvalue weighted by Crippen LogP contribution is -2.40. The SMILES string of the molecule is C1CC2CC1C1C3CC(C21)C1C2CCC(C2)C31.C=C(C)C(=O)OC.CC(=O)O. The molecule has 0 aromatic rings. The molecule has 28 heavy (non-hydrogen) atoms. The van der Waals surface area contributed by atoms with E-state index in [9.17, 15) is 4.79 Å². The smallest absolute Gasteiger partial charge is 0.332 e. The molecule has 0 amide bonds. The van der Waals surface area contributed by atoms with Crippen LogP contribution in [0.1, 0.15) is 58.8 Å². The Labute approximate surface area is 169 Å². The average molecular weight is 389 g/mol. The number of methoxy groups -OCH3 is 1. The summed E-state index contributed by atoms with van der Waals surface area (Å²) < 4.78 is 4.27. The van der Waals surface area contributed by atoms with Crippen LogP contribution in [0.2, 0.25) is 0 Å². The van der Waals surface area contributed by atoms with E-state index in [1.54, 1.807) is 51.9 Å². The van der Waals surface area contributed by atoms with Gasteiger partial charge in [0.05, 0.1) is 7.11 Å². The summed E-state index contributed by atoms with van der Waals surface area (Å²) in [6.07, 6.45) is 11.5. The largest absolute Gasteiger partial charge is 0.481 e. The van der Waals surface area contributed by atoms with Gasteiger partial charge in [-0.05, 0) is 111 Å². The van der Waals surface area contributed by atoms with Crippen LogP contribution in [0.3, 0.4) is 0 Å². The van der Waals surface area contributed by atoms with Crippen LogP contribution < -0.4 is 0 Å². The molecule has 6 saturated carbocycles. The van der Waals surface area contributed by atoms with Gasteiger partial charge in [0, 0.05) is 12.5 Å². The molecule has 6 aliphatic rings. The third kappa shape index (κ3) is 3.11. The molecule has 156 valence electrons. The lowest BCUT2D eigenvalue weighted by atomic mass is 9.60. The number of aliphatic carboxylic acids is 1. The van der Waals surface area contributed by atoms with Crippen LogP contribution in [0.15, 0.2) is 12.2 Å².